The highest BCUT2D eigenvalue weighted by molar-refractivity contribution is 6.09. The molecule has 62 heavy (non-hydrogen) atoms. The summed E-state index contributed by atoms with van der Waals surface area (Å²) in [7, 11) is 0. The lowest BCUT2D eigenvalue weighted by Gasteiger charge is -2.23. The molecule has 2 aromatic heterocycles. The predicted octanol–water partition coefficient (Wildman–Crippen LogP) is 13.9. The highest BCUT2D eigenvalue weighted by atomic mass is 15.0. The highest BCUT2D eigenvalue weighted by Gasteiger charge is 2.25. The van der Waals surface area contributed by atoms with E-state index in [1.807, 2.05) is 6.07 Å². The summed E-state index contributed by atoms with van der Waals surface area (Å²) < 4.78 is 4.77. The summed E-state index contributed by atoms with van der Waals surface area (Å²) in [6, 6.07) is 77.3. The monoisotopic (exact) mass is 785 g/mol. The van der Waals surface area contributed by atoms with Crippen LogP contribution in [0.4, 0.5) is 0 Å². The van der Waals surface area contributed by atoms with Gasteiger partial charge in [0.1, 0.15) is 0 Å². The Bertz CT molecular complexity index is 4130. The van der Waals surface area contributed by atoms with Crippen LogP contribution in [-0.4, -0.2) is 9.13 Å². The van der Waals surface area contributed by atoms with Gasteiger partial charge in [-0.25, -0.2) is 0 Å². The van der Waals surface area contributed by atoms with Gasteiger partial charge in [-0.1, -0.05) is 152 Å². The van der Waals surface area contributed by atoms with Crippen LogP contribution in [0.2, 0.25) is 0 Å². The first-order valence-electron chi connectivity index (χ1n) is 21.2. The van der Waals surface area contributed by atoms with E-state index in [9.17, 15) is 5.26 Å². The average molecular weight is 786 g/mol. The molecule has 0 bridgehead atoms. The molecule has 0 spiro atoms. The van der Waals surface area contributed by atoms with Crippen LogP contribution in [0.15, 0.2) is 212 Å². The second-order valence-electron chi connectivity index (χ2n) is 16.3. The van der Waals surface area contributed by atoms with E-state index in [1.165, 1.54) is 74.7 Å². The minimum atomic E-state index is 0.644. The smallest absolute Gasteiger partial charge is 0.0991 e. The molecule has 0 radical (unpaired) electrons. The molecule has 0 saturated carbocycles. The third-order valence-electron chi connectivity index (χ3n) is 13.2. The van der Waals surface area contributed by atoms with Gasteiger partial charge in [0, 0.05) is 39.5 Å². The lowest BCUT2D eigenvalue weighted by atomic mass is 9.83. The van der Waals surface area contributed by atoms with Crippen molar-refractivity contribution in [1.29, 1.82) is 5.26 Å². The van der Waals surface area contributed by atoms with Crippen molar-refractivity contribution in [3.8, 4) is 62.1 Å². The van der Waals surface area contributed by atoms with Crippen molar-refractivity contribution in [2.45, 2.75) is 0 Å². The van der Waals surface area contributed by atoms with Gasteiger partial charge in [0.15, 0.2) is 0 Å². The maximum atomic E-state index is 10.1. The molecule has 11 aromatic rings. The first-order valence-corrected chi connectivity index (χ1v) is 21.2. The SMILES string of the molecule is N#Cc1ccc2c(c1)-c1ccccc1-c1ccccc1-c1ccn(-c3ccc4c(c3)=c3ccccc3=c3ccccc3=c3cc(-n5c6ccccc6c6ccccc65)ccc3=4)c1-2. The molecule has 0 amide bonds. The summed E-state index contributed by atoms with van der Waals surface area (Å²) in [4.78, 5) is 0. The molecule has 0 atom stereocenters. The molecule has 286 valence electrons. The highest BCUT2D eigenvalue weighted by Crippen LogP contribution is 2.48. The molecule has 2 aliphatic rings. The number of para-hydroxylation sites is 2. The Hall–Kier alpha value is -8.45. The molecule has 0 N–H and O–H groups in total. The maximum absolute atomic E-state index is 10.1. The Morgan fingerprint density at radius 1 is 0.323 bits per heavy atom. The number of hydrogen-bond donors (Lipinski definition) is 0. The zero-order valence-electron chi connectivity index (χ0n) is 33.5. The van der Waals surface area contributed by atoms with Crippen molar-refractivity contribution in [1.82, 2.24) is 9.13 Å². The largest absolute Gasteiger partial charge is 0.316 e. The summed E-state index contributed by atoms with van der Waals surface area (Å²) in [6.07, 6.45) is 2.22. The molecule has 2 aliphatic carbocycles. The second kappa shape index (κ2) is 13.3. The Kier molecular flexibility index (Phi) is 7.37. The summed E-state index contributed by atoms with van der Waals surface area (Å²) in [5, 5.41) is 22.2. The van der Waals surface area contributed by atoms with Crippen LogP contribution in [0.25, 0.3) is 77.8 Å². The molecule has 0 aliphatic heterocycles. The third-order valence-corrected chi connectivity index (χ3v) is 13.2. The van der Waals surface area contributed by atoms with Gasteiger partial charge in [0.05, 0.1) is 28.4 Å². The minimum Gasteiger partial charge on any atom is -0.316 e. The fourth-order valence-corrected chi connectivity index (χ4v) is 10.5. The van der Waals surface area contributed by atoms with Gasteiger partial charge in [0.25, 0.3) is 0 Å². The molecule has 13 rings (SSSR count). The molecular weight excluding hydrogens is 751 g/mol. The van der Waals surface area contributed by atoms with Crippen molar-refractivity contribution in [2.24, 2.45) is 0 Å². The van der Waals surface area contributed by atoms with Crippen LogP contribution in [0.3, 0.4) is 0 Å². The Labute approximate surface area is 356 Å². The fourth-order valence-electron chi connectivity index (χ4n) is 10.5. The van der Waals surface area contributed by atoms with E-state index in [4.69, 9.17) is 0 Å². The van der Waals surface area contributed by atoms with Crippen LogP contribution >= 0.6 is 0 Å². The molecule has 3 nitrogen and oxygen atoms in total. The predicted molar refractivity (Wildman–Crippen MR) is 250 cm³/mol. The average Bonchev–Trinajstić information content (AvgIpc) is 3.93. The summed E-state index contributed by atoms with van der Waals surface area (Å²) in [6.45, 7) is 0. The van der Waals surface area contributed by atoms with Crippen LogP contribution in [0.1, 0.15) is 5.56 Å². The topological polar surface area (TPSA) is 33.6 Å². The van der Waals surface area contributed by atoms with E-state index in [0.29, 0.717) is 5.56 Å². The Morgan fingerprint density at radius 3 is 1.35 bits per heavy atom. The molecule has 0 fully saturated rings. The van der Waals surface area contributed by atoms with Crippen LogP contribution in [-0.2, 0) is 0 Å². The second-order valence-corrected chi connectivity index (χ2v) is 16.3. The molecule has 0 unspecified atom stereocenters. The fraction of sp³-hybridized carbons (Fsp3) is 0. The summed E-state index contributed by atoms with van der Waals surface area (Å²) in [5.74, 6) is 0. The van der Waals surface area contributed by atoms with Crippen molar-refractivity contribution < 1.29 is 0 Å². The van der Waals surface area contributed by atoms with Crippen LogP contribution < -0.4 is 0 Å². The number of aromatic nitrogens is 2. The van der Waals surface area contributed by atoms with Gasteiger partial charge in [-0.2, -0.15) is 5.26 Å². The van der Waals surface area contributed by atoms with Crippen LogP contribution in [0, 0.1) is 53.1 Å². The van der Waals surface area contributed by atoms with E-state index in [2.05, 4.69) is 222 Å². The number of rotatable bonds is 2. The number of hydrogen-bond acceptors (Lipinski definition) is 1. The van der Waals surface area contributed by atoms with Crippen molar-refractivity contribution in [2.75, 3.05) is 0 Å². The van der Waals surface area contributed by atoms with E-state index in [-0.39, 0.29) is 0 Å². The molecular formula is C59H35N3. The van der Waals surface area contributed by atoms with Crippen molar-refractivity contribution in [3.63, 3.8) is 0 Å². The van der Waals surface area contributed by atoms with Gasteiger partial charge in [0.2, 0.25) is 0 Å². The molecule has 0 saturated heterocycles. The zero-order chi connectivity index (χ0) is 40.9. The van der Waals surface area contributed by atoms with Gasteiger partial charge >= 0.3 is 0 Å². The number of nitriles is 1. The normalized spacial score (nSPS) is 11.9. The lowest BCUT2D eigenvalue weighted by molar-refractivity contribution is 1.08. The van der Waals surface area contributed by atoms with E-state index in [0.717, 1.165) is 44.9 Å². The van der Waals surface area contributed by atoms with E-state index in [1.54, 1.807) is 0 Å². The van der Waals surface area contributed by atoms with Gasteiger partial charge in [-0.15, -0.1) is 0 Å². The quantitative estimate of drug-likeness (QED) is 0.172. The first-order chi connectivity index (χ1) is 30.7. The van der Waals surface area contributed by atoms with Gasteiger partial charge in [-0.05, 0) is 124 Å². The standard InChI is InChI=1S/C59H35N3/c60-36-37-25-28-52-54(33-37)45-18-6-2-14-41(45)40-13-1-5-17-44(40)53-31-32-61(59(52)53)38-26-29-48-49-30-27-39(62-57-23-11-9-21-50(57)51-22-10-12-24-58(51)62)35-56(49)47-20-8-4-16-43(47)42-15-3-7-19-46(42)55(48)34-38/h1-35H. The van der Waals surface area contributed by atoms with E-state index < -0.39 is 0 Å². The first kappa shape index (κ1) is 34.4. The van der Waals surface area contributed by atoms with Crippen molar-refractivity contribution >= 4 is 21.8 Å². The molecule has 3 heteroatoms. The third kappa shape index (κ3) is 4.92. The van der Waals surface area contributed by atoms with Crippen LogP contribution in [0.5, 0.6) is 0 Å². The van der Waals surface area contributed by atoms with Crippen molar-refractivity contribution in [3.05, 3.63) is 260 Å². The van der Waals surface area contributed by atoms with Gasteiger partial charge in [-0.3, -0.25) is 0 Å². The van der Waals surface area contributed by atoms with Gasteiger partial charge < -0.3 is 9.13 Å². The summed E-state index contributed by atoms with van der Waals surface area (Å²) in [5.41, 5.74) is 14.3. The maximum Gasteiger partial charge on any atom is 0.0991 e. The Morgan fingerprint density at radius 2 is 0.774 bits per heavy atom. The lowest BCUT2D eigenvalue weighted by Crippen LogP contribution is -2.02. The number of nitrogens with zero attached hydrogens (tertiary/aromatic N) is 3. The number of fused-ring (bicyclic) bond motifs is 15. The zero-order valence-corrected chi connectivity index (χ0v) is 33.5. The minimum absolute atomic E-state index is 0.644. The summed E-state index contributed by atoms with van der Waals surface area (Å²) >= 11 is 0. The Balaban J connectivity index is 1.15. The van der Waals surface area contributed by atoms with E-state index >= 15 is 0 Å². The molecule has 9 aromatic carbocycles. The number of benzene rings is 9. The molecule has 2 heterocycles.